The Hall–Kier alpha value is -2.97. The molecule has 0 bridgehead atoms. The molecule has 0 unspecified atom stereocenters. The lowest BCUT2D eigenvalue weighted by Crippen LogP contribution is -2.24. The number of benzene rings is 4. The van der Waals surface area contributed by atoms with Crippen LogP contribution in [0.15, 0.2) is 94.7 Å². The van der Waals surface area contributed by atoms with Crippen LogP contribution < -0.4 is 4.74 Å². The summed E-state index contributed by atoms with van der Waals surface area (Å²) in [6.07, 6.45) is 0. The topological polar surface area (TPSA) is 9.23 Å². The Morgan fingerprint density at radius 1 is 0.531 bits per heavy atom. The van der Waals surface area contributed by atoms with Crippen molar-refractivity contribution in [2.24, 2.45) is 0 Å². The minimum Gasteiger partial charge on any atom is -0.457 e. The van der Waals surface area contributed by atoms with Crippen molar-refractivity contribution in [3.8, 4) is 22.6 Å². The van der Waals surface area contributed by atoms with Gasteiger partial charge in [0.2, 0.25) is 0 Å². The third-order valence-corrected chi connectivity index (χ3v) is 8.35. The second-order valence-corrected chi connectivity index (χ2v) is 11.0. The van der Waals surface area contributed by atoms with Crippen LogP contribution in [0.3, 0.4) is 0 Å². The van der Waals surface area contributed by atoms with Gasteiger partial charge in [-0.05, 0) is 58.7 Å². The van der Waals surface area contributed by atoms with Gasteiger partial charge in [-0.2, -0.15) is 0 Å². The molecule has 0 radical (unpaired) electrons. The molecule has 2 aliphatic heterocycles. The number of hydrogen-bond acceptors (Lipinski definition) is 2. The highest BCUT2D eigenvalue weighted by atomic mass is 32.2. The van der Waals surface area contributed by atoms with Gasteiger partial charge >= 0.3 is 0 Å². The maximum absolute atomic E-state index is 6.26. The van der Waals surface area contributed by atoms with Crippen molar-refractivity contribution in [1.82, 2.24) is 0 Å². The smallest absolute Gasteiger partial charge is 0.131 e. The molecule has 158 valence electrons. The zero-order chi connectivity index (χ0) is 22.1. The van der Waals surface area contributed by atoms with Crippen LogP contribution in [0.2, 0.25) is 0 Å². The second kappa shape index (κ2) is 6.76. The fourth-order valence-corrected chi connectivity index (χ4v) is 6.62. The van der Waals surface area contributed by atoms with Crippen molar-refractivity contribution in [2.45, 2.75) is 48.3 Å². The van der Waals surface area contributed by atoms with E-state index in [1.807, 2.05) is 17.8 Å². The van der Waals surface area contributed by atoms with Crippen LogP contribution in [-0.4, -0.2) is 0 Å². The molecule has 0 spiro atoms. The molecule has 4 aromatic rings. The van der Waals surface area contributed by atoms with Crippen LogP contribution in [0.4, 0.5) is 0 Å². The quantitative estimate of drug-likeness (QED) is 0.297. The first-order valence-corrected chi connectivity index (χ1v) is 12.0. The van der Waals surface area contributed by atoms with Crippen LogP contribution in [-0.2, 0) is 10.8 Å². The Kier molecular flexibility index (Phi) is 4.16. The SMILES string of the molecule is CC1(C)c2ccccc2Oc2ccc(-c3ccc4c(c3)C(C)(C)c3ccccc3S4)cc21. The molecule has 0 N–H and O–H groups in total. The van der Waals surface area contributed by atoms with Crippen molar-refractivity contribution in [3.05, 3.63) is 107 Å². The van der Waals surface area contributed by atoms with Gasteiger partial charge in [0, 0.05) is 31.7 Å². The minimum absolute atomic E-state index is 0.0251. The van der Waals surface area contributed by atoms with Gasteiger partial charge in [-0.15, -0.1) is 0 Å². The predicted molar refractivity (Wildman–Crippen MR) is 133 cm³/mol. The van der Waals surface area contributed by atoms with E-state index in [1.165, 1.54) is 43.2 Å². The van der Waals surface area contributed by atoms with E-state index in [-0.39, 0.29) is 10.8 Å². The van der Waals surface area contributed by atoms with E-state index in [2.05, 4.69) is 107 Å². The fraction of sp³-hybridized carbons (Fsp3) is 0.200. The average molecular weight is 435 g/mol. The number of para-hydroxylation sites is 1. The van der Waals surface area contributed by atoms with Gasteiger partial charge in [0.1, 0.15) is 11.5 Å². The minimum atomic E-state index is -0.109. The number of fused-ring (bicyclic) bond motifs is 4. The molecule has 4 aromatic carbocycles. The van der Waals surface area contributed by atoms with Gasteiger partial charge in [0.15, 0.2) is 0 Å². The van der Waals surface area contributed by atoms with Gasteiger partial charge in [0.05, 0.1) is 0 Å². The molecule has 2 heteroatoms. The number of rotatable bonds is 1. The highest BCUT2D eigenvalue weighted by molar-refractivity contribution is 7.99. The third-order valence-electron chi connectivity index (χ3n) is 7.20. The van der Waals surface area contributed by atoms with E-state index >= 15 is 0 Å². The average Bonchev–Trinajstić information content (AvgIpc) is 2.79. The number of hydrogen-bond donors (Lipinski definition) is 0. The second-order valence-electron chi connectivity index (χ2n) is 9.87. The molecule has 0 aromatic heterocycles. The zero-order valence-electron chi connectivity index (χ0n) is 18.9. The molecular weight excluding hydrogens is 408 g/mol. The molecule has 0 atom stereocenters. The summed E-state index contributed by atoms with van der Waals surface area (Å²) >= 11 is 1.88. The summed E-state index contributed by atoms with van der Waals surface area (Å²) in [7, 11) is 0. The molecule has 32 heavy (non-hydrogen) atoms. The molecular formula is C30H26OS. The Labute approximate surface area is 194 Å². The van der Waals surface area contributed by atoms with E-state index in [1.54, 1.807) is 0 Å². The van der Waals surface area contributed by atoms with Crippen molar-refractivity contribution in [1.29, 1.82) is 0 Å². The summed E-state index contributed by atoms with van der Waals surface area (Å²) < 4.78 is 6.26. The lowest BCUT2D eigenvalue weighted by molar-refractivity contribution is 0.418. The highest BCUT2D eigenvalue weighted by Crippen LogP contribution is 2.51. The zero-order valence-corrected chi connectivity index (χ0v) is 19.7. The monoisotopic (exact) mass is 434 g/mol. The summed E-state index contributed by atoms with van der Waals surface area (Å²) in [6.45, 7) is 9.27. The Morgan fingerprint density at radius 2 is 1.09 bits per heavy atom. The summed E-state index contributed by atoms with van der Waals surface area (Å²) in [5.74, 6) is 1.92. The van der Waals surface area contributed by atoms with Gasteiger partial charge in [-0.3, -0.25) is 0 Å². The lowest BCUT2D eigenvalue weighted by Gasteiger charge is -2.35. The van der Waals surface area contributed by atoms with E-state index in [9.17, 15) is 0 Å². The summed E-state index contributed by atoms with van der Waals surface area (Å²) in [5.41, 5.74) is 7.65. The molecule has 1 nitrogen and oxygen atoms in total. The Bertz CT molecular complexity index is 1270. The van der Waals surface area contributed by atoms with Crippen molar-refractivity contribution in [3.63, 3.8) is 0 Å². The van der Waals surface area contributed by atoms with Gasteiger partial charge < -0.3 is 4.74 Å². The normalized spacial score (nSPS) is 16.8. The number of ether oxygens (including phenoxy) is 1. The standard InChI is InChI=1S/C30H26OS/c1-29(2)21-9-5-7-11-25(21)31-26-15-13-19(17-23(26)29)20-14-16-28-24(18-20)30(3,4)22-10-6-8-12-27(22)32-28/h5-18H,1-4H3. The van der Waals surface area contributed by atoms with Gasteiger partial charge in [-0.25, -0.2) is 0 Å². The predicted octanol–water partition coefficient (Wildman–Crippen LogP) is 8.58. The maximum Gasteiger partial charge on any atom is 0.131 e. The van der Waals surface area contributed by atoms with Crippen LogP contribution in [0.1, 0.15) is 49.9 Å². The molecule has 0 fully saturated rings. The third kappa shape index (κ3) is 2.79. The van der Waals surface area contributed by atoms with Crippen LogP contribution in [0.25, 0.3) is 11.1 Å². The summed E-state index contributed by atoms with van der Waals surface area (Å²) in [4.78, 5) is 2.72. The lowest BCUT2D eigenvalue weighted by atomic mass is 9.74. The van der Waals surface area contributed by atoms with Crippen LogP contribution in [0.5, 0.6) is 11.5 Å². The Balaban J connectivity index is 1.46. The first-order chi connectivity index (χ1) is 15.4. The van der Waals surface area contributed by atoms with E-state index in [4.69, 9.17) is 4.74 Å². The largest absolute Gasteiger partial charge is 0.457 e. The molecule has 6 rings (SSSR count). The summed E-state index contributed by atoms with van der Waals surface area (Å²) in [6, 6.07) is 30.8. The van der Waals surface area contributed by atoms with Crippen molar-refractivity contribution >= 4 is 11.8 Å². The Morgan fingerprint density at radius 3 is 1.91 bits per heavy atom. The molecule has 0 amide bonds. The molecule has 2 heterocycles. The first-order valence-electron chi connectivity index (χ1n) is 11.2. The molecule has 2 aliphatic rings. The van der Waals surface area contributed by atoms with Crippen LogP contribution >= 0.6 is 11.8 Å². The van der Waals surface area contributed by atoms with Crippen LogP contribution in [0, 0.1) is 0 Å². The molecule has 0 saturated heterocycles. The maximum atomic E-state index is 6.26. The van der Waals surface area contributed by atoms with Gasteiger partial charge in [0.25, 0.3) is 0 Å². The summed E-state index contributed by atoms with van der Waals surface area (Å²) in [5, 5.41) is 0. The van der Waals surface area contributed by atoms with E-state index in [0.717, 1.165) is 11.5 Å². The van der Waals surface area contributed by atoms with Crippen molar-refractivity contribution < 1.29 is 4.74 Å². The molecule has 0 aliphatic carbocycles. The molecule has 0 saturated carbocycles. The van der Waals surface area contributed by atoms with E-state index < -0.39 is 0 Å². The van der Waals surface area contributed by atoms with E-state index in [0.29, 0.717) is 0 Å². The first kappa shape index (κ1) is 19.7. The highest BCUT2D eigenvalue weighted by Gasteiger charge is 2.35. The fourth-order valence-electron chi connectivity index (χ4n) is 5.24. The van der Waals surface area contributed by atoms with Gasteiger partial charge in [-0.1, -0.05) is 88.0 Å². The van der Waals surface area contributed by atoms with Crippen molar-refractivity contribution in [2.75, 3.05) is 0 Å².